The van der Waals surface area contributed by atoms with E-state index in [1.54, 1.807) is 11.1 Å². The van der Waals surface area contributed by atoms with E-state index in [9.17, 15) is 0 Å². The molecule has 1 aliphatic rings. The first-order chi connectivity index (χ1) is 8.33. The van der Waals surface area contributed by atoms with Gasteiger partial charge in [-0.1, -0.05) is 0 Å². The van der Waals surface area contributed by atoms with E-state index in [0.717, 1.165) is 0 Å². The van der Waals surface area contributed by atoms with Crippen LogP contribution in [0.4, 0.5) is 0 Å². The minimum atomic E-state index is 0.328. The zero-order chi connectivity index (χ0) is 13.1. The van der Waals surface area contributed by atoms with Crippen LogP contribution in [0.3, 0.4) is 0 Å². The number of benzene rings is 2. The van der Waals surface area contributed by atoms with Gasteiger partial charge >= 0.3 is 116 Å². The van der Waals surface area contributed by atoms with Crippen molar-refractivity contribution in [2.45, 2.75) is 43.2 Å². The van der Waals surface area contributed by atoms with Crippen molar-refractivity contribution in [1.29, 1.82) is 0 Å². The summed E-state index contributed by atoms with van der Waals surface area (Å²) in [5, 5.41) is 2.94. The van der Waals surface area contributed by atoms with Gasteiger partial charge in [0.1, 0.15) is 0 Å². The molecule has 0 spiro atoms. The summed E-state index contributed by atoms with van der Waals surface area (Å²) in [6, 6.07) is 11.4. The van der Waals surface area contributed by atoms with Crippen LogP contribution in [-0.2, 0) is 8.63 Å². The van der Waals surface area contributed by atoms with Crippen molar-refractivity contribution in [3.8, 4) is 0 Å². The molecule has 1 aliphatic heterocycles. The van der Waals surface area contributed by atoms with Gasteiger partial charge in [-0.15, -0.1) is 0 Å². The Bertz CT molecular complexity index is 635. The summed E-state index contributed by atoms with van der Waals surface area (Å²) >= 11 is 0.577. The third-order valence-corrected chi connectivity index (χ3v) is 7.05. The van der Waals surface area contributed by atoms with E-state index in [2.05, 4.69) is 65.0 Å². The SMILES string of the molecule is Cc1ccc2cccc3c2c1C(C)(C)[Se]C3(C)C. The maximum atomic E-state index is 2.42. The summed E-state index contributed by atoms with van der Waals surface area (Å²) < 4.78 is 0.658. The van der Waals surface area contributed by atoms with Crippen LogP contribution < -0.4 is 0 Å². The van der Waals surface area contributed by atoms with Crippen LogP contribution in [0.1, 0.15) is 44.4 Å². The number of hydrogen-bond acceptors (Lipinski definition) is 0. The van der Waals surface area contributed by atoms with Crippen molar-refractivity contribution in [2.75, 3.05) is 0 Å². The molecule has 1 heterocycles. The summed E-state index contributed by atoms with van der Waals surface area (Å²) in [4.78, 5) is 0. The van der Waals surface area contributed by atoms with Crippen LogP contribution in [0.15, 0.2) is 30.3 Å². The molecule has 0 N–H and O–H groups in total. The third-order valence-electron chi connectivity index (χ3n) is 4.01. The molecule has 0 fully saturated rings. The van der Waals surface area contributed by atoms with Gasteiger partial charge in [-0.25, -0.2) is 0 Å². The first kappa shape index (κ1) is 12.3. The average molecular weight is 303 g/mol. The molecule has 18 heavy (non-hydrogen) atoms. The molecule has 0 atom stereocenters. The molecule has 0 unspecified atom stereocenters. The molecular weight excluding hydrogens is 283 g/mol. The Hall–Kier alpha value is -0.781. The predicted octanol–water partition coefficient (Wildman–Crippen LogP) is 4.34. The van der Waals surface area contributed by atoms with Crippen molar-refractivity contribution >= 4 is 25.7 Å². The van der Waals surface area contributed by atoms with Crippen molar-refractivity contribution in [3.05, 3.63) is 47.0 Å². The van der Waals surface area contributed by atoms with Gasteiger partial charge in [0.2, 0.25) is 0 Å². The van der Waals surface area contributed by atoms with E-state index in [1.807, 2.05) is 0 Å². The molecule has 3 rings (SSSR count). The van der Waals surface area contributed by atoms with Crippen molar-refractivity contribution < 1.29 is 0 Å². The van der Waals surface area contributed by atoms with E-state index in [4.69, 9.17) is 0 Å². The molecule has 0 amide bonds. The Morgan fingerprint density at radius 2 is 1.61 bits per heavy atom. The first-order valence-corrected chi connectivity index (χ1v) is 8.28. The van der Waals surface area contributed by atoms with Gasteiger partial charge in [0.05, 0.1) is 0 Å². The van der Waals surface area contributed by atoms with Gasteiger partial charge in [-0.3, -0.25) is 0 Å². The fourth-order valence-electron chi connectivity index (χ4n) is 3.50. The minimum absolute atomic E-state index is 0.328. The standard InChI is InChI=1S/C17H20Se/c1-11-9-10-12-7-6-8-13-14(12)15(11)17(4,5)18-16(13,2)3/h6-10H,1-5H3. The molecule has 2 aromatic carbocycles. The third kappa shape index (κ3) is 1.57. The normalized spacial score (nSPS) is 20.1. The molecule has 0 radical (unpaired) electrons. The van der Waals surface area contributed by atoms with E-state index >= 15 is 0 Å². The second kappa shape index (κ2) is 3.62. The molecule has 0 nitrogen and oxygen atoms in total. The summed E-state index contributed by atoms with van der Waals surface area (Å²) in [5.41, 5.74) is 4.60. The number of hydrogen-bond donors (Lipinski definition) is 0. The first-order valence-electron chi connectivity index (χ1n) is 6.56. The Morgan fingerprint density at radius 1 is 0.889 bits per heavy atom. The van der Waals surface area contributed by atoms with Gasteiger partial charge in [-0.2, -0.15) is 0 Å². The van der Waals surface area contributed by atoms with Crippen molar-refractivity contribution in [1.82, 2.24) is 0 Å². The van der Waals surface area contributed by atoms with Crippen LogP contribution in [0.25, 0.3) is 10.8 Å². The summed E-state index contributed by atoms with van der Waals surface area (Å²) in [6.45, 7) is 11.9. The molecule has 0 aromatic heterocycles. The fraction of sp³-hybridized carbons (Fsp3) is 0.412. The summed E-state index contributed by atoms with van der Waals surface area (Å²) in [7, 11) is 0. The van der Waals surface area contributed by atoms with Crippen molar-refractivity contribution in [3.63, 3.8) is 0 Å². The van der Waals surface area contributed by atoms with E-state index in [1.165, 1.54) is 16.3 Å². The predicted molar refractivity (Wildman–Crippen MR) is 80.5 cm³/mol. The quantitative estimate of drug-likeness (QED) is 0.635. The monoisotopic (exact) mass is 304 g/mol. The molecule has 0 bridgehead atoms. The van der Waals surface area contributed by atoms with Crippen LogP contribution >= 0.6 is 0 Å². The van der Waals surface area contributed by atoms with Crippen LogP contribution in [0.2, 0.25) is 0 Å². The Balaban J connectivity index is 2.55. The maximum absolute atomic E-state index is 2.42. The molecule has 0 aliphatic carbocycles. The van der Waals surface area contributed by atoms with E-state index < -0.39 is 0 Å². The van der Waals surface area contributed by atoms with Crippen LogP contribution in [0, 0.1) is 6.92 Å². The molecule has 94 valence electrons. The second-order valence-electron chi connectivity index (χ2n) is 6.28. The zero-order valence-corrected chi connectivity index (χ0v) is 13.5. The fourth-order valence-corrected chi connectivity index (χ4v) is 7.54. The molecule has 0 saturated carbocycles. The summed E-state index contributed by atoms with van der Waals surface area (Å²) in [6.07, 6.45) is 0. The topological polar surface area (TPSA) is 0 Å². The van der Waals surface area contributed by atoms with Crippen LogP contribution in [-0.4, -0.2) is 15.0 Å². The molecule has 0 saturated heterocycles. The van der Waals surface area contributed by atoms with Gasteiger partial charge in [0.15, 0.2) is 0 Å². The Labute approximate surface area is 116 Å². The summed E-state index contributed by atoms with van der Waals surface area (Å²) in [5.74, 6) is 0. The van der Waals surface area contributed by atoms with E-state index in [0.29, 0.717) is 23.6 Å². The van der Waals surface area contributed by atoms with Crippen LogP contribution in [0.5, 0.6) is 0 Å². The van der Waals surface area contributed by atoms with Gasteiger partial charge < -0.3 is 0 Å². The number of rotatable bonds is 0. The Morgan fingerprint density at radius 3 is 2.33 bits per heavy atom. The zero-order valence-electron chi connectivity index (χ0n) is 11.8. The van der Waals surface area contributed by atoms with Gasteiger partial charge in [-0.05, 0) is 0 Å². The average Bonchev–Trinajstić information content (AvgIpc) is 2.24. The van der Waals surface area contributed by atoms with E-state index in [-0.39, 0.29) is 0 Å². The van der Waals surface area contributed by atoms with Crippen molar-refractivity contribution in [2.24, 2.45) is 0 Å². The number of aryl methyl sites for hydroxylation is 1. The second-order valence-corrected chi connectivity index (χ2v) is 11.0. The molecular formula is C17H20Se. The molecule has 1 heteroatoms. The molecule has 2 aromatic rings. The Kier molecular flexibility index (Phi) is 2.47. The van der Waals surface area contributed by atoms with Gasteiger partial charge in [0, 0.05) is 0 Å². The van der Waals surface area contributed by atoms with Gasteiger partial charge in [0.25, 0.3) is 0 Å².